The molecule has 3 heterocycles. The van der Waals surface area contributed by atoms with E-state index in [-0.39, 0.29) is 5.54 Å². The molecule has 1 aliphatic rings. The Morgan fingerprint density at radius 3 is 2.74 bits per heavy atom. The Labute approximate surface area is 113 Å². The lowest BCUT2D eigenvalue weighted by atomic mass is 9.90. The highest BCUT2D eigenvalue weighted by molar-refractivity contribution is 5.91. The fourth-order valence-corrected chi connectivity index (χ4v) is 2.74. The van der Waals surface area contributed by atoms with Crippen LogP contribution in [0, 0.1) is 0 Å². The normalized spacial score (nSPS) is 18.1. The summed E-state index contributed by atoms with van der Waals surface area (Å²) in [6.45, 7) is 6.49. The Bertz CT molecular complexity index is 595. The Balaban J connectivity index is 1.97. The molecule has 0 atom stereocenters. The highest BCUT2D eigenvalue weighted by Crippen LogP contribution is 2.34. The fourth-order valence-electron chi connectivity index (χ4n) is 2.74. The second-order valence-electron chi connectivity index (χ2n) is 5.84. The molecule has 102 valence electrons. The summed E-state index contributed by atoms with van der Waals surface area (Å²) in [6, 6.07) is 0. The average Bonchev–Trinajstić information content (AvgIpc) is 2.77. The maximum atomic E-state index is 4.51. The molecule has 5 heteroatoms. The number of aromatic nitrogens is 3. The number of hydrogen-bond acceptors (Lipinski definition) is 4. The van der Waals surface area contributed by atoms with E-state index < -0.39 is 0 Å². The highest BCUT2D eigenvalue weighted by Gasteiger charge is 2.41. The summed E-state index contributed by atoms with van der Waals surface area (Å²) < 4.78 is 0. The number of nitrogens with one attached hydrogen (secondary N) is 1. The van der Waals surface area contributed by atoms with Crippen LogP contribution in [0.4, 0.5) is 5.82 Å². The minimum atomic E-state index is 0.250. The van der Waals surface area contributed by atoms with Crippen LogP contribution in [0.25, 0.3) is 11.0 Å². The summed E-state index contributed by atoms with van der Waals surface area (Å²) in [6.07, 6.45) is 4.70. The van der Waals surface area contributed by atoms with E-state index in [9.17, 15) is 0 Å². The molecule has 0 bridgehead atoms. The molecule has 19 heavy (non-hydrogen) atoms. The number of fused-ring (bicyclic) bond motifs is 1. The van der Waals surface area contributed by atoms with Crippen molar-refractivity contribution in [2.75, 3.05) is 32.1 Å². The molecule has 0 unspecified atom stereocenters. The van der Waals surface area contributed by atoms with Crippen LogP contribution in [0.1, 0.15) is 19.4 Å². The van der Waals surface area contributed by atoms with Crippen molar-refractivity contribution in [3.05, 3.63) is 18.1 Å². The largest absolute Gasteiger partial charge is 0.352 e. The van der Waals surface area contributed by atoms with Crippen molar-refractivity contribution < 1.29 is 0 Å². The van der Waals surface area contributed by atoms with Gasteiger partial charge >= 0.3 is 0 Å². The van der Waals surface area contributed by atoms with Crippen molar-refractivity contribution in [1.29, 1.82) is 0 Å². The van der Waals surface area contributed by atoms with Gasteiger partial charge in [0, 0.05) is 19.3 Å². The molecule has 0 spiro atoms. The van der Waals surface area contributed by atoms with Gasteiger partial charge in [0.1, 0.15) is 17.8 Å². The average molecular weight is 259 g/mol. The van der Waals surface area contributed by atoms with Crippen molar-refractivity contribution in [2.24, 2.45) is 0 Å². The first-order valence-electron chi connectivity index (χ1n) is 6.78. The summed E-state index contributed by atoms with van der Waals surface area (Å²) in [7, 11) is 4.28. The number of nitrogens with zero attached hydrogens (tertiary/aromatic N) is 4. The van der Waals surface area contributed by atoms with Crippen LogP contribution in [0.2, 0.25) is 0 Å². The van der Waals surface area contributed by atoms with E-state index in [4.69, 9.17) is 0 Å². The number of rotatable bonds is 3. The lowest BCUT2D eigenvalue weighted by Crippen LogP contribution is -2.67. The Kier molecular flexibility index (Phi) is 2.74. The van der Waals surface area contributed by atoms with Gasteiger partial charge in [-0.1, -0.05) is 6.92 Å². The van der Waals surface area contributed by atoms with Crippen molar-refractivity contribution in [2.45, 2.75) is 25.8 Å². The third-order valence-electron chi connectivity index (χ3n) is 4.35. The van der Waals surface area contributed by atoms with Gasteiger partial charge in [0.25, 0.3) is 0 Å². The highest BCUT2D eigenvalue weighted by atomic mass is 15.4. The first-order chi connectivity index (χ1) is 9.05. The quantitative estimate of drug-likeness (QED) is 0.910. The van der Waals surface area contributed by atoms with Crippen LogP contribution in [0.15, 0.2) is 12.5 Å². The van der Waals surface area contributed by atoms with Gasteiger partial charge < -0.3 is 14.8 Å². The molecule has 0 aliphatic carbocycles. The number of likely N-dealkylation sites (N-methyl/N-ethyl adjacent to an activating group) is 1. The zero-order chi connectivity index (χ0) is 13.6. The van der Waals surface area contributed by atoms with E-state index in [1.807, 2.05) is 6.20 Å². The van der Waals surface area contributed by atoms with Crippen molar-refractivity contribution in [3.63, 3.8) is 0 Å². The minimum absolute atomic E-state index is 0.250. The van der Waals surface area contributed by atoms with Crippen LogP contribution < -0.4 is 4.90 Å². The van der Waals surface area contributed by atoms with Crippen molar-refractivity contribution >= 4 is 16.9 Å². The standard InChI is InChI=1S/C14H21N5/c1-5-10-6-15-12-11(10)13(17-9-16-12)19-7-14(2,8-19)18(3)4/h6,9H,5,7-8H2,1-4H3,(H,15,16,17). The molecule has 3 rings (SSSR count). The van der Waals surface area contributed by atoms with E-state index in [1.54, 1.807) is 6.33 Å². The summed E-state index contributed by atoms with van der Waals surface area (Å²) in [5, 5.41) is 1.19. The topological polar surface area (TPSA) is 48.1 Å². The molecule has 5 nitrogen and oxygen atoms in total. The van der Waals surface area contributed by atoms with Gasteiger partial charge in [-0.15, -0.1) is 0 Å². The molecule has 1 saturated heterocycles. The number of H-pyrrole nitrogens is 1. The molecule has 0 radical (unpaired) electrons. The van der Waals surface area contributed by atoms with Gasteiger partial charge in [0.15, 0.2) is 0 Å². The molecule has 0 aromatic carbocycles. The van der Waals surface area contributed by atoms with Crippen LogP contribution in [-0.4, -0.2) is 52.6 Å². The first-order valence-corrected chi connectivity index (χ1v) is 6.78. The zero-order valence-corrected chi connectivity index (χ0v) is 12.1. The molecule has 2 aromatic rings. The van der Waals surface area contributed by atoms with Crippen LogP contribution in [0.3, 0.4) is 0 Å². The molecule has 0 amide bonds. The number of aryl methyl sites for hydroxylation is 1. The van der Waals surface area contributed by atoms with Gasteiger partial charge in [-0.25, -0.2) is 9.97 Å². The summed E-state index contributed by atoms with van der Waals surface area (Å²) in [5.74, 6) is 1.07. The van der Waals surface area contributed by atoms with E-state index in [2.05, 4.69) is 52.7 Å². The number of anilines is 1. The third-order valence-corrected chi connectivity index (χ3v) is 4.35. The maximum Gasteiger partial charge on any atom is 0.143 e. The fraction of sp³-hybridized carbons (Fsp3) is 0.571. The predicted octanol–water partition coefficient (Wildman–Crippen LogP) is 1.66. The SMILES string of the molecule is CCc1c[nH]c2ncnc(N3CC(C)(N(C)C)C3)c12. The van der Waals surface area contributed by atoms with Gasteiger partial charge in [0.2, 0.25) is 0 Å². The van der Waals surface area contributed by atoms with Gasteiger partial charge in [-0.2, -0.15) is 0 Å². The third kappa shape index (κ3) is 1.80. The lowest BCUT2D eigenvalue weighted by Gasteiger charge is -2.52. The molecular formula is C14H21N5. The van der Waals surface area contributed by atoms with Gasteiger partial charge in [0.05, 0.1) is 10.9 Å². The Morgan fingerprint density at radius 1 is 1.37 bits per heavy atom. The van der Waals surface area contributed by atoms with Crippen LogP contribution in [-0.2, 0) is 6.42 Å². The van der Waals surface area contributed by atoms with Crippen LogP contribution >= 0.6 is 0 Å². The molecule has 0 saturated carbocycles. The first kappa shape index (κ1) is 12.4. The number of aromatic amines is 1. The van der Waals surface area contributed by atoms with E-state index >= 15 is 0 Å². The van der Waals surface area contributed by atoms with Crippen molar-refractivity contribution in [3.8, 4) is 0 Å². The monoisotopic (exact) mass is 259 g/mol. The predicted molar refractivity (Wildman–Crippen MR) is 77.6 cm³/mol. The van der Waals surface area contributed by atoms with E-state index in [0.717, 1.165) is 31.0 Å². The molecule has 1 aliphatic heterocycles. The number of hydrogen-bond donors (Lipinski definition) is 1. The maximum absolute atomic E-state index is 4.51. The summed E-state index contributed by atoms with van der Waals surface area (Å²) in [4.78, 5) is 16.7. The smallest absolute Gasteiger partial charge is 0.143 e. The van der Waals surface area contributed by atoms with Crippen LogP contribution in [0.5, 0.6) is 0 Å². The Hall–Kier alpha value is -1.62. The van der Waals surface area contributed by atoms with E-state index in [0.29, 0.717) is 0 Å². The molecule has 1 fully saturated rings. The second kappa shape index (κ2) is 4.20. The summed E-state index contributed by atoms with van der Waals surface area (Å²) >= 11 is 0. The second-order valence-corrected chi connectivity index (χ2v) is 5.84. The van der Waals surface area contributed by atoms with Gasteiger partial charge in [-0.3, -0.25) is 0 Å². The Morgan fingerprint density at radius 2 is 2.11 bits per heavy atom. The van der Waals surface area contributed by atoms with E-state index in [1.165, 1.54) is 10.9 Å². The molecule has 1 N–H and O–H groups in total. The van der Waals surface area contributed by atoms with Crippen molar-refractivity contribution in [1.82, 2.24) is 19.9 Å². The molecular weight excluding hydrogens is 238 g/mol. The zero-order valence-electron chi connectivity index (χ0n) is 12.1. The summed E-state index contributed by atoms with van der Waals surface area (Å²) in [5.41, 5.74) is 2.49. The molecule has 2 aromatic heterocycles. The lowest BCUT2D eigenvalue weighted by molar-refractivity contribution is 0.133. The van der Waals surface area contributed by atoms with Gasteiger partial charge in [-0.05, 0) is 33.0 Å². The minimum Gasteiger partial charge on any atom is -0.352 e.